The minimum Gasteiger partial charge on any atom is -0.297 e. The summed E-state index contributed by atoms with van der Waals surface area (Å²) < 4.78 is 0. The fourth-order valence-corrected chi connectivity index (χ4v) is 3.99. The van der Waals surface area contributed by atoms with Crippen LogP contribution in [0.1, 0.15) is 67.2 Å². The lowest BCUT2D eigenvalue weighted by atomic mass is 9.84. The molecule has 18 heavy (non-hydrogen) atoms. The van der Waals surface area contributed by atoms with E-state index < -0.39 is 0 Å². The van der Waals surface area contributed by atoms with Gasteiger partial charge in [-0.1, -0.05) is 27.2 Å². The molecule has 0 bridgehead atoms. The van der Waals surface area contributed by atoms with Crippen molar-refractivity contribution in [3.05, 3.63) is 0 Å². The molecule has 0 aromatic carbocycles. The molecule has 1 saturated carbocycles. The minimum atomic E-state index is -0.215. The van der Waals surface area contributed by atoms with Gasteiger partial charge in [-0.15, -0.1) is 0 Å². The van der Waals surface area contributed by atoms with Crippen LogP contribution in [0, 0.1) is 11.3 Å². The van der Waals surface area contributed by atoms with Crippen molar-refractivity contribution in [1.82, 2.24) is 4.90 Å². The van der Waals surface area contributed by atoms with Gasteiger partial charge in [0.1, 0.15) is 0 Å². The fourth-order valence-electron chi connectivity index (χ4n) is 3.99. The van der Waals surface area contributed by atoms with Gasteiger partial charge < -0.3 is 0 Å². The van der Waals surface area contributed by atoms with Gasteiger partial charge in [-0.2, -0.15) is 0 Å². The van der Waals surface area contributed by atoms with Crippen LogP contribution in [0.3, 0.4) is 0 Å². The number of hydrogen-bond acceptors (Lipinski definition) is 2. The average Bonchev–Trinajstić information content (AvgIpc) is 2.70. The number of hydrogen-bond donors (Lipinski definition) is 0. The quantitative estimate of drug-likeness (QED) is 0.709. The predicted molar refractivity (Wildman–Crippen MR) is 75.6 cm³/mol. The number of rotatable bonds is 1. The molecule has 1 heterocycles. The van der Waals surface area contributed by atoms with Crippen molar-refractivity contribution >= 4 is 5.78 Å². The van der Waals surface area contributed by atoms with Crippen LogP contribution < -0.4 is 0 Å². The van der Waals surface area contributed by atoms with E-state index in [1.807, 2.05) is 0 Å². The number of carbonyl (C=O) groups is 1. The summed E-state index contributed by atoms with van der Waals surface area (Å²) >= 11 is 0. The van der Waals surface area contributed by atoms with Crippen LogP contribution in [0.25, 0.3) is 0 Å². The molecular weight excluding hydrogens is 222 g/mol. The molecule has 104 valence electrons. The Morgan fingerprint density at radius 3 is 2.17 bits per heavy atom. The molecule has 0 amide bonds. The lowest BCUT2D eigenvalue weighted by molar-refractivity contribution is -0.133. The van der Waals surface area contributed by atoms with E-state index in [0.29, 0.717) is 11.8 Å². The zero-order valence-electron chi connectivity index (χ0n) is 12.9. The zero-order valence-corrected chi connectivity index (χ0v) is 12.9. The maximum Gasteiger partial charge on any atom is 0.155 e. The number of nitrogens with zero attached hydrogens (tertiary/aromatic N) is 1. The topological polar surface area (TPSA) is 20.3 Å². The van der Waals surface area contributed by atoms with Crippen molar-refractivity contribution in [1.29, 1.82) is 0 Å². The van der Waals surface area contributed by atoms with E-state index in [9.17, 15) is 4.79 Å². The van der Waals surface area contributed by atoms with E-state index in [0.717, 1.165) is 12.3 Å². The van der Waals surface area contributed by atoms with Crippen LogP contribution in [0.4, 0.5) is 0 Å². The Labute approximate surface area is 112 Å². The first-order valence-corrected chi connectivity index (χ1v) is 7.45. The number of likely N-dealkylation sites (tertiary alicyclic amines) is 1. The molecule has 0 spiro atoms. The lowest BCUT2D eigenvalue weighted by Gasteiger charge is -2.42. The minimum absolute atomic E-state index is 0.106. The molecule has 3 atom stereocenters. The van der Waals surface area contributed by atoms with Crippen LogP contribution in [0.15, 0.2) is 0 Å². The molecule has 2 fully saturated rings. The highest BCUT2D eigenvalue weighted by Crippen LogP contribution is 2.46. The van der Waals surface area contributed by atoms with Gasteiger partial charge in [-0.3, -0.25) is 9.69 Å². The first-order chi connectivity index (χ1) is 8.12. The maximum absolute atomic E-state index is 12.7. The average molecular weight is 251 g/mol. The zero-order chi connectivity index (χ0) is 13.7. The molecule has 1 aliphatic carbocycles. The van der Waals surface area contributed by atoms with Gasteiger partial charge in [0.25, 0.3) is 0 Å². The number of ketones is 1. The molecule has 1 aliphatic heterocycles. The monoisotopic (exact) mass is 251 g/mol. The molecule has 0 N–H and O–H groups in total. The third kappa shape index (κ3) is 2.36. The van der Waals surface area contributed by atoms with Gasteiger partial charge in [0, 0.05) is 17.0 Å². The van der Waals surface area contributed by atoms with Gasteiger partial charge in [-0.25, -0.2) is 0 Å². The highest BCUT2D eigenvalue weighted by Gasteiger charge is 2.51. The number of fused-ring (bicyclic) bond motifs is 1. The number of Topliss-reactive ketones (excluding diaryl/α,β-unsaturated/α-hetero) is 1. The summed E-state index contributed by atoms with van der Waals surface area (Å²) in [5.74, 6) is 1.20. The van der Waals surface area contributed by atoms with E-state index in [4.69, 9.17) is 0 Å². The molecule has 0 aromatic heterocycles. The summed E-state index contributed by atoms with van der Waals surface area (Å²) in [6, 6.07) is 0.807. The normalized spacial score (nSPS) is 33.8. The summed E-state index contributed by atoms with van der Waals surface area (Å²) in [5.41, 5.74) is -0.109. The molecular formula is C16H29NO. The smallest absolute Gasteiger partial charge is 0.155 e. The highest BCUT2D eigenvalue weighted by molar-refractivity contribution is 5.89. The first-order valence-electron chi connectivity index (χ1n) is 7.45. The van der Waals surface area contributed by atoms with Crippen molar-refractivity contribution in [2.45, 2.75) is 84.8 Å². The molecule has 2 nitrogen and oxygen atoms in total. The van der Waals surface area contributed by atoms with Crippen molar-refractivity contribution in [3.8, 4) is 0 Å². The molecule has 2 heteroatoms. The van der Waals surface area contributed by atoms with Crippen LogP contribution in [0.5, 0.6) is 0 Å². The van der Waals surface area contributed by atoms with Gasteiger partial charge in [0.15, 0.2) is 5.78 Å². The second kappa shape index (κ2) is 4.33. The molecule has 1 saturated heterocycles. The first kappa shape index (κ1) is 14.0. The Kier molecular flexibility index (Phi) is 3.38. The van der Waals surface area contributed by atoms with E-state index >= 15 is 0 Å². The van der Waals surface area contributed by atoms with E-state index in [1.165, 1.54) is 19.3 Å². The Hall–Kier alpha value is -0.370. The molecule has 2 rings (SSSR count). The Balaban J connectivity index is 2.27. The largest absolute Gasteiger partial charge is 0.297 e. The van der Waals surface area contributed by atoms with Crippen molar-refractivity contribution in [3.63, 3.8) is 0 Å². The third-order valence-electron chi connectivity index (χ3n) is 4.65. The van der Waals surface area contributed by atoms with Crippen molar-refractivity contribution < 1.29 is 4.79 Å². The van der Waals surface area contributed by atoms with Crippen LogP contribution in [-0.4, -0.2) is 28.3 Å². The van der Waals surface area contributed by atoms with Gasteiger partial charge in [0.05, 0.1) is 6.04 Å². The van der Waals surface area contributed by atoms with Gasteiger partial charge >= 0.3 is 0 Å². The second-order valence-corrected chi connectivity index (χ2v) is 8.20. The second-order valence-electron chi connectivity index (χ2n) is 8.20. The predicted octanol–water partition coefficient (Wildman–Crippen LogP) is 3.64. The summed E-state index contributed by atoms with van der Waals surface area (Å²) in [6.45, 7) is 13.0. The Morgan fingerprint density at radius 2 is 1.67 bits per heavy atom. The van der Waals surface area contributed by atoms with Crippen molar-refractivity contribution in [2.24, 2.45) is 11.3 Å². The molecule has 0 unspecified atom stereocenters. The van der Waals surface area contributed by atoms with Gasteiger partial charge in [0.2, 0.25) is 0 Å². The Morgan fingerprint density at radius 1 is 1.06 bits per heavy atom. The van der Waals surface area contributed by atoms with E-state index in [1.54, 1.807) is 0 Å². The fraction of sp³-hybridized carbons (Fsp3) is 0.938. The van der Waals surface area contributed by atoms with Crippen molar-refractivity contribution in [2.75, 3.05) is 0 Å². The third-order valence-corrected chi connectivity index (χ3v) is 4.65. The Bertz CT molecular complexity index is 334. The van der Waals surface area contributed by atoms with Crippen LogP contribution in [0.2, 0.25) is 0 Å². The van der Waals surface area contributed by atoms with Crippen LogP contribution in [-0.2, 0) is 4.79 Å². The summed E-state index contributed by atoms with van der Waals surface area (Å²) in [7, 11) is 0. The number of carbonyl (C=O) groups excluding carboxylic acids is 1. The lowest BCUT2D eigenvalue weighted by Crippen LogP contribution is -2.53. The standard InChI is InChI=1S/C16H29NO/c1-15(2,3)14(18)13-10-11-8-7-9-12(11)17(13)16(4,5)6/h11-13H,7-10H2,1-6H3/t11-,12-,13-/m0/s1. The van der Waals surface area contributed by atoms with Crippen LogP contribution >= 0.6 is 0 Å². The SMILES string of the molecule is CC(C)(C)C(=O)[C@@H]1C[C@@H]2CCC[C@@H]2N1C(C)(C)C. The summed E-state index contributed by atoms with van der Waals surface area (Å²) in [6.07, 6.45) is 5.05. The van der Waals surface area contributed by atoms with E-state index in [-0.39, 0.29) is 17.0 Å². The summed E-state index contributed by atoms with van der Waals surface area (Å²) in [4.78, 5) is 15.3. The molecule has 0 aromatic rings. The summed E-state index contributed by atoms with van der Waals surface area (Å²) in [5, 5.41) is 0. The van der Waals surface area contributed by atoms with E-state index in [2.05, 4.69) is 46.4 Å². The maximum atomic E-state index is 12.7. The van der Waals surface area contributed by atoms with Gasteiger partial charge in [-0.05, 0) is 46.0 Å². The molecule has 0 radical (unpaired) electrons. The molecule has 2 aliphatic rings. The highest BCUT2D eigenvalue weighted by atomic mass is 16.1.